The third kappa shape index (κ3) is 3.90. The van der Waals surface area contributed by atoms with Crippen LogP contribution in [0.5, 0.6) is 5.75 Å². The summed E-state index contributed by atoms with van der Waals surface area (Å²) in [4.78, 5) is 30.6. The zero-order valence-electron chi connectivity index (χ0n) is 16.1. The number of aromatic nitrogens is 2. The minimum atomic E-state index is -0.548. The van der Waals surface area contributed by atoms with E-state index in [2.05, 4.69) is 10.3 Å². The lowest BCUT2D eigenvalue weighted by molar-refractivity contribution is 0.102. The summed E-state index contributed by atoms with van der Waals surface area (Å²) in [5, 5.41) is 3.86. The van der Waals surface area contributed by atoms with Crippen LogP contribution in [0.15, 0.2) is 77.7 Å². The molecule has 0 spiro atoms. The van der Waals surface area contributed by atoms with E-state index in [-0.39, 0.29) is 5.56 Å². The molecule has 1 N–H and O–H groups in total. The number of carbonyl (C=O) groups excluding carboxylic acids is 1. The van der Waals surface area contributed by atoms with Crippen LogP contribution in [0.3, 0.4) is 0 Å². The van der Waals surface area contributed by atoms with E-state index in [0.717, 1.165) is 5.56 Å². The smallest absolute Gasteiger partial charge is 0.265 e. The van der Waals surface area contributed by atoms with Gasteiger partial charge in [0.25, 0.3) is 11.5 Å². The van der Waals surface area contributed by atoms with Gasteiger partial charge in [0.2, 0.25) is 0 Å². The summed E-state index contributed by atoms with van der Waals surface area (Å²) < 4.78 is 6.78. The molecule has 0 fully saturated rings. The largest absolute Gasteiger partial charge is 0.495 e. The number of nitrogens with one attached hydrogen (secondary N) is 1. The number of nitrogens with zero attached hydrogens (tertiary/aromatic N) is 2. The van der Waals surface area contributed by atoms with Crippen molar-refractivity contribution in [1.29, 1.82) is 0 Å². The third-order valence-corrected chi connectivity index (χ3v) is 4.92. The number of halogens is 1. The molecule has 2 aromatic heterocycles. The average Bonchev–Trinajstić information content (AvgIpc) is 2.76. The summed E-state index contributed by atoms with van der Waals surface area (Å²) in [5.41, 5.74) is 1.41. The summed E-state index contributed by atoms with van der Waals surface area (Å²) in [5.74, 6) is -0.104. The second-order valence-electron chi connectivity index (χ2n) is 6.65. The Hall–Kier alpha value is -3.64. The van der Waals surface area contributed by atoms with Gasteiger partial charge in [-0.15, -0.1) is 0 Å². The van der Waals surface area contributed by atoms with Crippen LogP contribution in [0.25, 0.3) is 11.0 Å². The van der Waals surface area contributed by atoms with Gasteiger partial charge in [0, 0.05) is 16.6 Å². The Balaban J connectivity index is 1.80. The van der Waals surface area contributed by atoms with E-state index in [4.69, 9.17) is 16.3 Å². The Kier molecular flexibility index (Phi) is 5.50. The Morgan fingerprint density at radius 2 is 1.90 bits per heavy atom. The molecule has 0 unspecified atom stereocenters. The zero-order valence-corrected chi connectivity index (χ0v) is 16.9. The van der Waals surface area contributed by atoms with Crippen molar-refractivity contribution >= 4 is 34.2 Å². The zero-order chi connectivity index (χ0) is 21.1. The Morgan fingerprint density at radius 3 is 2.67 bits per heavy atom. The van der Waals surface area contributed by atoms with Crippen LogP contribution in [-0.2, 0) is 6.54 Å². The van der Waals surface area contributed by atoms with E-state index >= 15 is 0 Å². The maximum Gasteiger partial charge on any atom is 0.265 e. The number of hydrogen-bond acceptors (Lipinski definition) is 4. The third-order valence-electron chi connectivity index (χ3n) is 4.69. The highest BCUT2D eigenvalue weighted by atomic mass is 35.5. The topological polar surface area (TPSA) is 73.2 Å². The average molecular weight is 420 g/mol. The molecule has 0 atom stereocenters. The number of pyridine rings is 2. The van der Waals surface area contributed by atoms with Crippen LogP contribution in [0.2, 0.25) is 5.02 Å². The predicted octanol–water partition coefficient (Wildman–Crippen LogP) is 4.36. The Labute approximate surface area is 177 Å². The van der Waals surface area contributed by atoms with Crippen molar-refractivity contribution in [2.45, 2.75) is 6.54 Å². The number of carbonyl (C=O) groups is 1. The number of fused-ring (bicyclic) bond motifs is 1. The highest BCUT2D eigenvalue weighted by Crippen LogP contribution is 2.28. The first-order valence-electron chi connectivity index (χ1n) is 9.24. The second kappa shape index (κ2) is 8.39. The van der Waals surface area contributed by atoms with Crippen molar-refractivity contribution in [2.75, 3.05) is 12.4 Å². The first-order chi connectivity index (χ1) is 14.6. The van der Waals surface area contributed by atoms with Crippen molar-refractivity contribution < 1.29 is 9.53 Å². The van der Waals surface area contributed by atoms with Crippen molar-refractivity contribution in [3.05, 3.63) is 99.4 Å². The Morgan fingerprint density at radius 1 is 1.10 bits per heavy atom. The van der Waals surface area contributed by atoms with E-state index in [9.17, 15) is 9.59 Å². The molecule has 1 amide bonds. The molecule has 0 aliphatic heterocycles. The van der Waals surface area contributed by atoms with Gasteiger partial charge in [0.05, 0.1) is 19.3 Å². The summed E-state index contributed by atoms with van der Waals surface area (Å²) in [6.07, 6.45) is 1.62. The predicted molar refractivity (Wildman–Crippen MR) is 118 cm³/mol. The number of rotatable bonds is 5. The number of ether oxygens (including phenoxy) is 1. The van der Waals surface area contributed by atoms with Gasteiger partial charge in [-0.1, -0.05) is 41.9 Å². The second-order valence-corrected chi connectivity index (χ2v) is 7.09. The van der Waals surface area contributed by atoms with Gasteiger partial charge < -0.3 is 10.1 Å². The van der Waals surface area contributed by atoms with Gasteiger partial charge in [-0.25, -0.2) is 4.98 Å². The number of methoxy groups -OCH3 is 1. The fraction of sp³-hybridized carbons (Fsp3) is 0.0870. The lowest BCUT2D eigenvalue weighted by Gasteiger charge is -2.14. The van der Waals surface area contributed by atoms with Crippen LogP contribution < -0.4 is 15.6 Å². The molecule has 0 aliphatic rings. The fourth-order valence-electron chi connectivity index (χ4n) is 3.25. The van der Waals surface area contributed by atoms with Gasteiger partial charge in [-0.05, 0) is 42.0 Å². The van der Waals surface area contributed by atoms with E-state index in [1.165, 1.54) is 11.7 Å². The fourth-order valence-corrected chi connectivity index (χ4v) is 3.42. The highest BCUT2D eigenvalue weighted by Gasteiger charge is 2.18. The minimum absolute atomic E-state index is 0.00783. The molecule has 0 saturated heterocycles. The molecule has 30 heavy (non-hydrogen) atoms. The summed E-state index contributed by atoms with van der Waals surface area (Å²) in [7, 11) is 1.49. The number of benzene rings is 2. The van der Waals surface area contributed by atoms with Crippen LogP contribution in [-0.4, -0.2) is 22.6 Å². The first kappa shape index (κ1) is 19.7. The van der Waals surface area contributed by atoms with Crippen molar-refractivity contribution in [2.24, 2.45) is 0 Å². The normalized spacial score (nSPS) is 10.7. The molecule has 2 aromatic carbocycles. The van der Waals surface area contributed by atoms with E-state index < -0.39 is 11.5 Å². The summed E-state index contributed by atoms with van der Waals surface area (Å²) in [6.45, 7) is 0.300. The van der Waals surface area contributed by atoms with Crippen LogP contribution in [0.1, 0.15) is 15.9 Å². The molecule has 0 aliphatic carbocycles. The van der Waals surface area contributed by atoms with Gasteiger partial charge >= 0.3 is 0 Å². The lowest BCUT2D eigenvalue weighted by atomic mass is 10.1. The molecular weight excluding hydrogens is 402 g/mol. The quantitative estimate of drug-likeness (QED) is 0.521. The van der Waals surface area contributed by atoms with E-state index in [0.29, 0.717) is 34.0 Å². The van der Waals surface area contributed by atoms with E-state index in [1.807, 2.05) is 36.4 Å². The van der Waals surface area contributed by atoms with Crippen LogP contribution in [0, 0.1) is 0 Å². The summed E-state index contributed by atoms with van der Waals surface area (Å²) >= 11 is 6.05. The molecule has 0 radical (unpaired) electrons. The maximum atomic E-state index is 13.2. The summed E-state index contributed by atoms with van der Waals surface area (Å²) in [6, 6.07) is 19.6. The molecule has 4 rings (SSSR count). The molecule has 0 saturated carbocycles. The molecular formula is C23H18ClN3O3. The van der Waals surface area contributed by atoms with Gasteiger partial charge in [0.1, 0.15) is 17.0 Å². The lowest BCUT2D eigenvalue weighted by Crippen LogP contribution is -2.30. The van der Waals surface area contributed by atoms with Gasteiger partial charge in [-0.2, -0.15) is 0 Å². The minimum Gasteiger partial charge on any atom is -0.495 e. The molecule has 0 bridgehead atoms. The maximum absolute atomic E-state index is 13.2. The first-order valence-corrected chi connectivity index (χ1v) is 9.62. The molecule has 150 valence electrons. The monoisotopic (exact) mass is 419 g/mol. The van der Waals surface area contributed by atoms with Gasteiger partial charge in [-0.3, -0.25) is 14.2 Å². The molecule has 6 nitrogen and oxygen atoms in total. The van der Waals surface area contributed by atoms with Crippen molar-refractivity contribution in [1.82, 2.24) is 9.55 Å². The van der Waals surface area contributed by atoms with Crippen molar-refractivity contribution in [3.63, 3.8) is 0 Å². The number of amides is 1. The van der Waals surface area contributed by atoms with Crippen molar-refractivity contribution in [3.8, 4) is 5.75 Å². The van der Waals surface area contributed by atoms with E-state index in [1.54, 1.807) is 36.5 Å². The number of anilines is 1. The number of hydrogen-bond donors (Lipinski definition) is 1. The SMILES string of the molecule is COc1ccc(Cl)cc1NC(=O)c1cc2cccnc2n(Cc2ccccc2)c1=O. The Bertz CT molecular complexity index is 1290. The molecule has 7 heteroatoms. The standard InChI is InChI=1S/C23H18ClN3O3/c1-30-20-10-9-17(24)13-19(20)26-22(28)18-12-16-8-5-11-25-21(16)27(23(18)29)14-15-6-3-2-4-7-15/h2-13H,14H2,1H3,(H,26,28). The molecule has 2 heterocycles. The van der Waals surface area contributed by atoms with Crippen LogP contribution in [0.4, 0.5) is 5.69 Å². The highest BCUT2D eigenvalue weighted by molar-refractivity contribution is 6.31. The van der Waals surface area contributed by atoms with Crippen LogP contribution >= 0.6 is 11.6 Å². The van der Waals surface area contributed by atoms with Gasteiger partial charge in [0.15, 0.2) is 0 Å². The molecule has 4 aromatic rings.